The number of carbonyl (C=O) groups excluding carboxylic acids is 1. The van der Waals surface area contributed by atoms with E-state index in [1.54, 1.807) is 0 Å². The predicted molar refractivity (Wildman–Crippen MR) is 129 cm³/mol. The Morgan fingerprint density at radius 1 is 1.12 bits per heavy atom. The molecule has 7 rings (SSSR count). The number of carbonyl (C=O) groups is 1. The molecular weight excluding hydrogens is 396 g/mol. The molecule has 1 amide bonds. The van der Waals surface area contributed by atoms with Crippen molar-refractivity contribution in [3.05, 3.63) is 36.5 Å². The molecule has 0 aromatic heterocycles. The van der Waals surface area contributed by atoms with Crippen LogP contribution in [0.25, 0.3) is 0 Å². The van der Waals surface area contributed by atoms with Gasteiger partial charge in [-0.2, -0.15) is 0 Å². The molecule has 0 aromatic carbocycles. The van der Waals surface area contributed by atoms with Crippen LogP contribution in [0.4, 0.5) is 0 Å². The largest absolute Gasteiger partial charge is 0.381 e. The molecule has 4 heteroatoms. The molecule has 7 aliphatic rings. The number of fused-ring (bicyclic) bond motifs is 3. The minimum atomic E-state index is -0.250. The first-order chi connectivity index (χ1) is 15.4. The second kappa shape index (κ2) is 8.43. The van der Waals surface area contributed by atoms with E-state index in [9.17, 15) is 4.79 Å². The Morgan fingerprint density at radius 3 is 2.56 bits per heavy atom. The molecule has 4 aliphatic carbocycles. The molecule has 4 saturated carbocycles. The van der Waals surface area contributed by atoms with E-state index >= 15 is 0 Å². The summed E-state index contributed by atoms with van der Waals surface area (Å²) in [6.07, 6.45) is 17.5. The number of hydrogen-bond donors (Lipinski definition) is 1. The van der Waals surface area contributed by atoms with Crippen molar-refractivity contribution in [1.82, 2.24) is 10.2 Å². The number of nitrogens with one attached hydrogen (secondary N) is 1. The van der Waals surface area contributed by atoms with E-state index in [0.717, 1.165) is 45.4 Å². The van der Waals surface area contributed by atoms with E-state index in [4.69, 9.17) is 4.74 Å². The van der Waals surface area contributed by atoms with Crippen molar-refractivity contribution < 1.29 is 9.53 Å². The number of hydrogen-bond acceptors (Lipinski definition) is 3. The Bertz CT molecular complexity index is 810. The molecule has 2 unspecified atom stereocenters. The molecule has 32 heavy (non-hydrogen) atoms. The van der Waals surface area contributed by atoms with Crippen LogP contribution >= 0.6 is 0 Å². The topological polar surface area (TPSA) is 41.6 Å². The minimum absolute atomic E-state index is 0.0427. The van der Waals surface area contributed by atoms with Gasteiger partial charge in [0.15, 0.2) is 0 Å². The van der Waals surface area contributed by atoms with Crippen molar-refractivity contribution in [2.45, 2.75) is 71.3 Å². The van der Waals surface area contributed by atoms with Gasteiger partial charge in [0.1, 0.15) is 0 Å². The third-order valence-electron chi connectivity index (χ3n) is 9.53. The number of piperidine rings is 3. The van der Waals surface area contributed by atoms with Crippen LogP contribution in [0.15, 0.2) is 36.5 Å². The fourth-order valence-corrected chi connectivity index (χ4v) is 8.64. The van der Waals surface area contributed by atoms with Gasteiger partial charge < -0.3 is 15.0 Å². The van der Waals surface area contributed by atoms with Crippen LogP contribution in [0.2, 0.25) is 0 Å². The first kappa shape index (κ1) is 22.4. The second-order valence-corrected chi connectivity index (χ2v) is 11.8. The van der Waals surface area contributed by atoms with Crippen molar-refractivity contribution >= 4 is 5.91 Å². The maximum absolute atomic E-state index is 14.1. The van der Waals surface area contributed by atoms with Crippen LogP contribution < -0.4 is 5.32 Å². The summed E-state index contributed by atoms with van der Waals surface area (Å²) in [5.41, 5.74) is 1.14. The molecule has 176 valence electrons. The lowest BCUT2D eigenvalue weighted by atomic mass is 9.38. The van der Waals surface area contributed by atoms with Crippen LogP contribution in [-0.2, 0) is 9.53 Å². The summed E-state index contributed by atoms with van der Waals surface area (Å²) in [7, 11) is 0. The molecule has 3 aliphatic heterocycles. The lowest BCUT2D eigenvalue weighted by molar-refractivity contribution is -0.181. The zero-order chi connectivity index (χ0) is 22.4. The molecule has 0 radical (unpaired) electrons. The predicted octanol–water partition coefficient (Wildman–Crippen LogP) is 4.88. The zero-order valence-corrected chi connectivity index (χ0v) is 20.2. The van der Waals surface area contributed by atoms with Gasteiger partial charge in [0, 0.05) is 19.2 Å². The van der Waals surface area contributed by atoms with E-state index in [0.29, 0.717) is 23.8 Å². The highest BCUT2D eigenvalue weighted by molar-refractivity contribution is 5.84. The van der Waals surface area contributed by atoms with Gasteiger partial charge in [-0.05, 0) is 107 Å². The molecule has 6 bridgehead atoms. The Hall–Kier alpha value is -1.39. The SMILES string of the molecule is C=C(/C=C\C=C/C)[C@]12CC3CC(C(=O)N[C@H]4CN5CCC4CC5)(C[C@](COCC)(C3)C1)C2. The highest BCUT2D eigenvalue weighted by Gasteiger charge is 2.66. The van der Waals surface area contributed by atoms with Crippen molar-refractivity contribution in [3.8, 4) is 0 Å². The molecule has 0 spiro atoms. The van der Waals surface area contributed by atoms with Gasteiger partial charge in [0.05, 0.1) is 12.0 Å². The monoisotopic (exact) mass is 438 g/mol. The van der Waals surface area contributed by atoms with Crippen molar-refractivity contribution in [2.75, 3.05) is 32.8 Å². The summed E-state index contributed by atoms with van der Waals surface area (Å²) in [6.45, 7) is 13.7. The number of amides is 1. The second-order valence-electron chi connectivity index (χ2n) is 11.8. The number of allylic oxidation sites excluding steroid dienone is 5. The Labute approximate surface area is 194 Å². The summed E-state index contributed by atoms with van der Waals surface area (Å²) in [5.74, 6) is 1.62. The molecular formula is C28H42N2O2. The van der Waals surface area contributed by atoms with E-state index in [2.05, 4.69) is 48.0 Å². The van der Waals surface area contributed by atoms with Crippen LogP contribution in [-0.4, -0.2) is 49.7 Å². The molecule has 5 atom stereocenters. The zero-order valence-electron chi connectivity index (χ0n) is 20.2. The van der Waals surface area contributed by atoms with Gasteiger partial charge in [0.25, 0.3) is 0 Å². The molecule has 3 saturated heterocycles. The molecule has 0 aromatic rings. The first-order valence-corrected chi connectivity index (χ1v) is 13.0. The van der Waals surface area contributed by atoms with Crippen LogP contribution in [0.5, 0.6) is 0 Å². The molecule has 7 fully saturated rings. The maximum atomic E-state index is 14.1. The van der Waals surface area contributed by atoms with E-state index in [1.807, 2.05) is 6.92 Å². The average Bonchev–Trinajstić information content (AvgIpc) is 2.78. The van der Waals surface area contributed by atoms with Gasteiger partial charge in [-0.15, -0.1) is 0 Å². The van der Waals surface area contributed by atoms with Crippen LogP contribution in [0, 0.1) is 28.1 Å². The Balaban J connectivity index is 1.42. The summed E-state index contributed by atoms with van der Waals surface area (Å²) < 4.78 is 6.06. The van der Waals surface area contributed by atoms with E-state index < -0.39 is 0 Å². The quantitative estimate of drug-likeness (QED) is 0.549. The number of rotatable bonds is 8. The summed E-state index contributed by atoms with van der Waals surface area (Å²) in [6, 6.07) is 0.342. The van der Waals surface area contributed by atoms with E-state index in [1.165, 1.54) is 44.3 Å². The Kier molecular flexibility index (Phi) is 5.90. The molecule has 1 N–H and O–H groups in total. The van der Waals surface area contributed by atoms with Gasteiger partial charge in [-0.25, -0.2) is 0 Å². The number of ether oxygens (including phenoxy) is 1. The van der Waals surface area contributed by atoms with Crippen molar-refractivity contribution in [3.63, 3.8) is 0 Å². The summed E-state index contributed by atoms with van der Waals surface area (Å²) in [4.78, 5) is 16.6. The fraction of sp³-hybridized carbons (Fsp3) is 0.750. The van der Waals surface area contributed by atoms with E-state index in [-0.39, 0.29) is 16.2 Å². The third-order valence-corrected chi connectivity index (χ3v) is 9.53. The summed E-state index contributed by atoms with van der Waals surface area (Å²) >= 11 is 0. The fourth-order valence-electron chi connectivity index (χ4n) is 8.64. The highest BCUT2D eigenvalue weighted by Crippen LogP contribution is 2.71. The minimum Gasteiger partial charge on any atom is -0.381 e. The Morgan fingerprint density at radius 2 is 1.88 bits per heavy atom. The standard InChI is InChI=1S/C28H42N2O2/c1-4-6-7-8-21(3)27-14-22-13-26(17-27,20-32-5-2)18-28(15-22,19-27)25(31)29-24-16-30-11-9-23(24)10-12-30/h4,6-8,22-24H,3,5,9-20H2,1-2H3,(H,29,31)/b6-4-,8-7-/t22?,24-,26-,27+,28?/m0/s1. The number of nitrogens with zero attached hydrogens (tertiary/aromatic N) is 1. The first-order valence-electron chi connectivity index (χ1n) is 13.0. The lowest BCUT2D eigenvalue weighted by Gasteiger charge is -2.66. The van der Waals surface area contributed by atoms with Crippen LogP contribution in [0.3, 0.4) is 0 Å². The van der Waals surface area contributed by atoms with Crippen LogP contribution in [0.1, 0.15) is 65.2 Å². The van der Waals surface area contributed by atoms with Gasteiger partial charge in [-0.3, -0.25) is 4.79 Å². The highest BCUT2D eigenvalue weighted by atomic mass is 16.5. The normalized spacial score (nSPS) is 44.6. The lowest BCUT2D eigenvalue weighted by Crippen LogP contribution is -2.65. The summed E-state index contributed by atoms with van der Waals surface area (Å²) in [5, 5.41) is 3.61. The van der Waals surface area contributed by atoms with Crippen molar-refractivity contribution in [1.29, 1.82) is 0 Å². The maximum Gasteiger partial charge on any atom is 0.226 e. The average molecular weight is 439 g/mol. The van der Waals surface area contributed by atoms with Crippen molar-refractivity contribution in [2.24, 2.45) is 28.1 Å². The molecule has 3 heterocycles. The smallest absolute Gasteiger partial charge is 0.226 e. The van der Waals surface area contributed by atoms with Gasteiger partial charge >= 0.3 is 0 Å². The third kappa shape index (κ3) is 3.81. The molecule has 4 nitrogen and oxygen atoms in total. The van der Waals surface area contributed by atoms with Gasteiger partial charge in [0.2, 0.25) is 5.91 Å². The van der Waals surface area contributed by atoms with Gasteiger partial charge in [-0.1, -0.05) is 30.9 Å².